The molecule has 2 N–H and O–H groups in total. The molecule has 188 valence electrons. The summed E-state index contributed by atoms with van der Waals surface area (Å²) in [6.45, 7) is 3.48. The lowest BCUT2D eigenvalue weighted by Crippen LogP contribution is -2.26. The summed E-state index contributed by atoms with van der Waals surface area (Å²) in [6, 6.07) is 14.2. The number of rotatable bonds is 9. The van der Waals surface area contributed by atoms with Crippen LogP contribution in [0.15, 0.2) is 65.6 Å². The van der Waals surface area contributed by atoms with Crippen molar-refractivity contribution in [1.82, 2.24) is 4.72 Å². The zero-order valence-corrected chi connectivity index (χ0v) is 19.8. The summed E-state index contributed by atoms with van der Waals surface area (Å²) in [5.74, 6) is -0.672. The van der Waals surface area contributed by atoms with Gasteiger partial charge in [-0.2, -0.15) is 13.2 Å². The smallest absolute Gasteiger partial charge is 0.416 e. The minimum atomic E-state index is -4.39. The fourth-order valence-electron chi connectivity index (χ4n) is 3.33. The fourth-order valence-corrected chi connectivity index (χ4v) is 4.47. The quantitative estimate of drug-likeness (QED) is 0.405. The van der Waals surface area contributed by atoms with Crippen LogP contribution in [-0.2, 0) is 29.2 Å². The summed E-state index contributed by atoms with van der Waals surface area (Å²) in [7, 11) is -3.89. The first-order chi connectivity index (χ1) is 16.4. The van der Waals surface area contributed by atoms with Crippen LogP contribution in [0.1, 0.15) is 39.6 Å². The second kappa shape index (κ2) is 10.5. The van der Waals surface area contributed by atoms with E-state index >= 15 is 0 Å². The van der Waals surface area contributed by atoms with Gasteiger partial charge in [-0.3, -0.25) is 0 Å². The maximum Gasteiger partial charge on any atom is 0.416 e. The molecule has 3 rings (SSSR count). The number of carboxylic acid groups (broad SMARTS) is 1. The number of nitrogens with one attached hydrogen (secondary N) is 1. The summed E-state index contributed by atoms with van der Waals surface area (Å²) < 4.78 is 71.2. The van der Waals surface area contributed by atoms with Crippen LogP contribution in [0.5, 0.6) is 5.75 Å². The Morgan fingerprint density at radius 1 is 1.00 bits per heavy atom. The Kier molecular flexibility index (Phi) is 7.86. The number of aryl methyl sites for hydroxylation is 1. The lowest BCUT2D eigenvalue weighted by Gasteiger charge is -2.12. The minimum absolute atomic E-state index is 0. The first kappa shape index (κ1) is 26.2. The molecule has 0 unspecified atom stereocenters. The molecule has 0 spiro atoms. The number of halogens is 3. The zero-order valence-electron chi connectivity index (χ0n) is 19.0. The number of carbonyl (C=O) groups is 1. The Hall–Kier alpha value is -3.37. The van der Waals surface area contributed by atoms with Crippen molar-refractivity contribution in [2.75, 3.05) is 6.54 Å². The van der Waals surface area contributed by atoms with Gasteiger partial charge >= 0.3 is 12.1 Å². The van der Waals surface area contributed by atoms with Gasteiger partial charge in [-0.25, -0.2) is 17.9 Å². The second-order valence-electron chi connectivity index (χ2n) is 7.99. The Bertz CT molecular complexity index is 1310. The first-order valence-electron chi connectivity index (χ1n) is 10.6. The zero-order chi connectivity index (χ0) is 25.8. The van der Waals surface area contributed by atoms with Crippen molar-refractivity contribution in [2.45, 2.75) is 37.9 Å². The van der Waals surface area contributed by atoms with Gasteiger partial charge in [-0.15, -0.1) is 0 Å². The highest BCUT2D eigenvalue weighted by Crippen LogP contribution is 2.29. The van der Waals surface area contributed by atoms with E-state index in [1.807, 2.05) is 0 Å². The van der Waals surface area contributed by atoms with E-state index in [4.69, 9.17) is 4.74 Å². The van der Waals surface area contributed by atoms with E-state index in [9.17, 15) is 31.5 Å². The number of sulfonamides is 1. The number of hydrogen-bond donors (Lipinski definition) is 2. The Labute approximate surface area is 202 Å². The maximum absolute atomic E-state index is 12.6. The highest BCUT2D eigenvalue weighted by Gasteiger charge is 2.29. The van der Waals surface area contributed by atoms with Crippen LogP contribution in [0.25, 0.3) is 0 Å². The number of aromatic carboxylic acids is 1. The number of benzene rings is 3. The van der Waals surface area contributed by atoms with Gasteiger partial charge in [0.2, 0.25) is 10.0 Å². The lowest BCUT2D eigenvalue weighted by molar-refractivity contribution is -0.137. The summed E-state index contributed by atoms with van der Waals surface area (Å²) in [5.41, 5.74) is 1.72. The van der Waals surface area contributed by atoms with E-state index < -0.39 is 27.7 Å². The van der Waals surface area contributed by atoms with E-state index in [0.29, 0.717) is 28.9 Å². The van der Waals surface area contributed by atoms with E-state index in [1.54, 1.807) is 38.1 Å². The fraction of sp³-hybridized carbons (Fsp3) is 0.240. The van der Waals surface area contributed by atoms with Crippen molar-refractivity contribution < 1.29 is 37.7 Å². The second-order valence-corrected chi connectivity index (χ2v) is 9.76. The van der Waals surface area contributed by atoms with E-state index in [2.05, 4.69) is 4.72 Å². The molecular formula is C25H26F3NO5S. The monoisotopic (exact) mass is 509 g/mol. The number of alkyl halides is 3. The molecule has 10 heteroatoms. The molecule has 3 aromatic carbocycles. The van der Waals surface area contributed by atoms with Crippen LogP contribution < -0.4 is 9.46 Å². The largest absolute Gasteiger partial charge is 0.489 e. The van der Waals surface area contributed by atoms with Crippen molar-refractivity contribution in [2.24, 2.45) is 0 Å². The topological polar surface area (TPSA) is 92.7 Å². The van der Waals surface area contributed by atoms with Gasteiger partial charge in [-0.05, 0) is 78.9 Å². The highest BCUT2D eigenvalue weighted by molar-refractivity contribution is 7.89. The molecule has 6 nitrogen and oxygen atoms in total. The third-order valence-corrected chi connectivity index (χ3v) is 6.94. The van der Waals surface area contributed by atoms with Crippen molar-refractivity contribution in [3.8, 4) is 5.75 Å². The predicted octanol–water partition coefficient (Wildman–Crippen LogP) is 5.37. The molecule has 0 atom stereocenters. The van der Waals surface area contributed by atoms with Crippen LogP contribution in [0.4, 0.5) is 13.2 Å². The average molecular weight is 510 g/mol. The predicted molar refractivity (Wildman–Crippen MR) is 126 cm³/mol. The molecule has 0 bridgehead atoms. The van der Waals surface area contributed by atoms with Crippen LogP contribution in [0.3, 0.4) is 0 Å². The van der Waals surface area contributed by atoms with Gasteiger partial charge in [0.25, 0.3) is 0 Å². The summed E-state index contributed by atoms with van der Waals surface area (Å²) >= 11 is 0. The van der Waals surface area contributed by atoms with E-state index in [1.165, 1.54) is 18.2 Å². The highest BCUT2D eigenvalue weighted by atomic mass is 32.2. The van der Waals surface area contributed by atoms with E-state index in [-0.39, 0.29) is 25.0 Å². The van der Waals surface area contributed by atoms with Crippen molar-refractivity contribution >= 4 is 16.0 Å². The molecular weight excluding hydrogens is 483 g/mol. The lowest BCUT2D eigenvalue weighted by atomic mass is 10.0. The SMILES string of the molecule is Cc1cc(S(=O)(=O)NCCc2ccc(OCc3ccc(C(F)(F)F)cc3)cc2)cc(C(=O)O)c1C.[HH]. The van der Waals surface area contributed by atoms with Crippen LogP contribution in [0, 0.1) is 13.8 Å². The average Bonchev–Trinajstić information content (AvgIpc) is 2.79. The standard InChI is InChI=1S/C25H24F3NO5S.H2/c1-16-13-22(14-23(17(16)2)24(30)31)35(32,33)29-12-11-18-5-9-21(10-6-18)34-15-19-3-7-20(8-4-19)25(26,27)28;/h3-10,13-14,29H,11-12,15H2,1-2H3,(H,30,31);1H. The number of hydrogen-bond acceptors (Lipinski definition) is 4. The van der Waals surface area contributed by atoms with E-state index in [0.717, 1.165) is 23.8 Å². The Balaban J connectivity index is 0.00000456. The van der Waals surface area contributed by atoms with Crippen molar-refractivity contribution in [1.29, 1.82) is 0 Å². The number of carboxylic acids is 1. The molecule has 0 aliphatic heterocycles. The van der Waals surface area contributed by atoms with Crippen LogP contribution in [0.2, 0.25) is 0 Å². The van der Waals surface area contributed by atoms with Gasteiger partial charge in [0.15, 0.2) is 0 Å². The van der Waals surface area contributed by atoms with Gasteiger partial charge in [0, 0.05) is 7.97 Å². The van der Waals surface area contributed by atoms with Crippen LogP contribution >= 0.6 is 0 Å². The molecule has 0 aliphatic rings. The molecule has 0 fully saturated rings. The van der Waals surface area contributed by atoms with Crippen molar-refractivity contribution in [3.63, 3.8) is 0 Å². The summed E-state index contributed by atoms with van der Waals surface area (Å²) in [6.07, 6.45) is -4.00. The molecule has 0 aromatic heterocycles. The maximum atomic E-state index is 12.6. The molecule has 0 amide bonds. The normalized spacial score (nSPS) is 11.9. The Morgan fingerprint density at radius 2 is 1.60 bits per heavy atom. The third kappa shape index (κ3) is 6.83. The first-order valence-corrected chi connectivity index (χ1v) is 12.1. The molecule has 0 radical (unpaired) electrons. The molecule has 0 aliphatic carbocycles. The van der Waals surface area contributed by atoms with Gasteiger partial charge in [0.1, 0.15) is 12.4 Å². The Morgan fingerprint density at radius 3 is 2.17 bits per heavy atom. The van der Waals surface area contributed by atoms with Gasteiger partial charge in [-0.1, -0.05) is 24.3 Å². The molecule has 0 heterocycles. The molecule has 35 heavy (non-hydrogen) atoms. The number of ether oxygens (including phenoxy) is 1. The van der Waals surface area contributed by atoms with Crippen LogP contribution in [-0.4, -0.2) is 26.0 Å². The summed E-state index contributed by atoms with van der Waals surface area (Å²) in [5, 5.41) is 9.30. The molecule has 0 saturated carbocycles. The third-order valence-electron chi connectivity index (χ3n) is 5.50. The van der Waals surface area contributed by atoms with Gasteiger partial charge in [0.05, 0.1) is 16.0 Å². The van der Waals surface area contributed by atoms with Crippen molar-refractivity contribution in [3.05, 3.63) is 94.0 Å². The minimum Gasteiger partial charge on any atom is -0.489 e. The summed E-state index contributed by atoms with van der Waals surface area (Å²) in [4.78, 5) is 11.3. The van der Waals surface area contributed by atoms with Gasteiger partial charge < -0.3 is 9.84 Å². The molecule has 3 aromatic rings. The molecule has 0 saturated heterocycles.